The van der Waals surface area contributed by atoms with Gasteiger partial charge in [0.25, 0.3) is 0 Å². The van der Waals surface area contributed by atoms with E-state index in [-0.39, 0.29) is 0 Å². The number of hydrogen-bond donors (Lipinski definition) is 0. The maximum Gasteiger partial charge on any atom is 0.160 e. The molecule has 248 valence electrons. The first-order valence-electron chi connectivity index (χ1n) is 17.9. The smallest absolute Gasteiger partial charge is 0.160 e. The van der Waals surface area contributed by atoms with Crippen LogP contribution in [-0.2, 0) is 0 Å². The van der Waals surface area contributed by atoms with Crippen molar-refractivity contribution in [3.05, 3.63) is 194 Å². The van der Waals surface area contributed by atoms with Crippen molar-refractivity contribution in [2.75, 3.05) is 0 Å². The third-order valence-electron chi connectivity index (χ3n) is 10.1. The maximum absolute atomic E-state index is 5.29. The number of rotatable bonds is 6. The largest absolute Gasteiger partial charge is 0.228 e. The highest BCUT2D eigenvalue weighted by molar-refractivity contribution is 7.26. The van der Waals surface area contributed by atoms with Crippen molar-refractivity contribution in [2.24, 2.45) is 0 Å². The van der Waals surface area contributed by atoms with Crippen LogP contribution in [0.4, 0.5) is 0 Å². The summed E-state index contributed by atoms with van der Waals surface area (Å²) in [6.07, 6.45) is 0. The summed E-state index contributed by atoms with van der Waals surface area (Å²) in [5.41, 5.74) is 11.9. The SMILES string of the molecule is c1ccc(-c2cccc(-c3cc(-c4cc(-c5ccc6ccccc6c5)nc(-c5ccccc5)n4)cc(-c4cccc5c4sc4ccccc45)c3)c2)cc1. The van der Waals surface area contributed by atoms with Crippen LogP contribution in [0.3, 0.4) is 0 Å². The van der Waals surface area contributed by atoms with Crippen LogP contribution in [0.1, 0.15) is 0 Å². The zero-order valence-electron chi connectivity index (χ0n) is 28.8. The van der Waals surface area contributed by atoms with Gasteiger partial charge in [0.15, 0.2) is 5.82 Å². The number of thiophene rings is 1. The van der Waals surface area contributed by atoms with Gasteiger partial charge >= 0.3 is 0 Å². The number of fused-ring (bicyclic) bond motifs is 4. The van der Waals surface area contributed by atoms with Crippen LogP contribution in [-0.4, -0.2) is 9.97 Å². The molecule has 3 heteroatoms. The Morgan fingerprint density at radius 2 is 0.906 bits per heavy atom. The fourth-order valence-electron chi connectivity index (χ4n) is 7.39. The molecule has 10 rings (SSSR count). The van der Waals surface area contributed by atoms with Gasteiger partial charge < -0.3 is 0 Å². The zero-order valence-corrected chi connectivity index (χ0v) is 29.6. The maximum atomic E-state index is 5.29. The van der Waals surface area contributed by atoms with Gasteiger partial charge in [0, 0.05) is 36.9 Å². The molecule has 0 aliphatic heterocycles. The molecule has 53 heavy (non-hydrogen) atoms. The van der Waals surface area contributed by atoms with E-state index in [0.29, 0.717) is 5.82 Å². The minimum Gasteiger partial charge on any atom is -0.228 e. The minimum atomic E-state index is 0.705. The van der Waals surface area contributed by atoms with Gasteiger partial charge in [-0.05, 0) is 86.6 Å². The van der Waals surface area contributed by atoms with E-state index in [0.717, 1.165) is 44.8 Å². The van der Waals surface area contributed by atoms with Crippen LogP contribution < -0.4 is 0 Å². The Balaban J connectivity index is 1.21. The highest BCUT2D eigenvalue weighted by Crippen LogP contribution is 2.42. The lowest BCUT2D eigenvalue weighted by Gasteiger charge is -2.14. The van der Waals surface area contributed by atoms with Gasteiger partial charge in [0.05, 0.1) is 11.4 Å². The van der Waals surface area contributed by atoms with Crippen molar-refractivity contribution in [1.29, 1.82) is 0 Å². The van der Waals surface area contributed by atoms with Crippen LogP contribution >= 0.6 is 11.3 Å². The summed E-state index contributed by atoms with van der Waals surface area (Å²) in [7, 11) is 0. The van der Waals surface area contributed by atoms with Crippen LogP contribution in [0.15, 0.2) is 194 Å². The van der Waals surface area contributed by atoms with E-state index in [2.05, 4.69) is 176 Å². The molecular weight excluding hydrogens is 661 g/mol. The summed E-state index contributed by atoms with van der Waals surface area (Å²) in [5.74, 6) is 0.705. The monoisotopic (exact) mass is 692 g/mol. The van der Waals surface area contributed by atoms with E-state index >= 15 is 0 Å². The molecule has 10 aromatic rings. The fourth-order valence-corrected chi connectivity index (χ4v) is 8.63. The molecule has 0 saturated carbocycles. The molecule has 8 aromatic carbocycles. The van der Waals surface area contributed by atoms with Gasteiger partial charge in [-0.15, -0.1) is 11.3 Å². The van der Waals surface area contributed by atoms with Crippen molar-refractivity contribution < 1.29 is 0 Å². The van der Waals surface area contributed by atoms with Gasteiger partial charge in [-0.25, -0.2) is 9.97 Å². The minimum absolute atomic E-state index is 0.705. The highest BCUT2D eigenvalue weighted by Gasteiger charge is 2.16. The molecule has 0 bridgehead atoms. The zero-order chi connectivity index (χ0) is 35.1. The lowest BCUT2D eigenvalue weighted by atomic mass is 9.92. The Kier molecular flexibility index (Phi) is 7.71. The van der Waals surface area contributed by atoms with E-state index < -0.39 is 0 Å². The average Bonchev–Trinajstić information content (AvgIpc) is 3.63. The molecule has 0 saturated heterocycles. The first kappa shape index (κ1) is 31.1. The summed E-state index contributed by atoms with van der Waals surface area (Å²) in [6, 6.07) is 69.3. The molecule has 0 amide bonds. The summed E-state index contributed by atoms with van der Waals surface area (Å²) < 4.78 is 2.59. The first-order chi connectivity index (χ1) is 26.2. The summed E-state index contributed by atoms with van der Waals surface area (Å²) in [4.78, 5) is 10.5. The third-order valence-corrected chi connectivity index (χ3v) is 11.3. The van der Waals surface area contributed by atoms with Crippen LogP contribution in [0.25, 0.3) is 98.2 Å². The standard InChI is InChI=1S/C50H32N2S/c1-3-13-33(14-4-1)37-19-11-20-38(27-37)40-29-41(43-22-12-23-45-44-21-9-10-24-48(44)53-49(43)45)31-42(30-40)47-32-46(51-50(52-47)35-16-5-2-6-17-35)39-26-25-34-15-7-8-18-36(34)28-39/h1-32H. The van der Waals surface area contributed by atoms with Crippen molar-refractivity contribution in [1.82, 2.24) is 9.97 Å². The molecular formula is C50H32N2S. The molecule has 0 unspecified atom stereocenters. The predicted octanol–water partition coefficient (Wildman–Crippen LogP) is 14.0. The average molecular weight is 693 g/mol. The van der Waals surface area contributed by atoms with Gasteiger partial charge in [-0.2, -0.15) is 0 Å². The third kappa shape index (κ3) is 5.87. The quantitative estimate of drug-likeness (QED) is 0.173. The highest BCUT2D eigenvalue weighted by atomic mass is 32.1. The van der Waals surface area contributed by atoms with Crippen molar-refractivity contribution >= 4 is 42.3 Å². The number of aromatic nitrogens is 2. The molecule has 0 N–H and O–H groups in total. The number of nitrogens with zero attached hydrogens (tertiary/aromatic N) is 2. The van der Waals surface area contributed by atoms with Crippen LogP contribution in [0, 0.1) is 0 Å². The summed E-state index contributed by atoms with van der Waals surface area (Å²) in [5, 5.41) is 4.97. The van der Waals surface area contributed by atoms with Crippen molar-refractivity contribution in [2.45, 2.75) is 0 Å². The second-order valence-corrected chi connectivity index (χ2v) is 14.5. The normalized spacial score (nSPS) is 11.4. The molecule has 0 fully saturated rings. The Bertz CT molecular complexity index is 2950. The molecule has 0 atom stereocenters. The molecule has 0 radical (unpaired) electrons. The van der Waals surface area contributed by atoms with Gasteiger partial charge in [0.1, 0.15) is 0 Å². The first-order valence-corrected chi connectivity index (χ1v) is 18.7. The van der Waals surface area contributed by atoms with E-state index in [4.69, 9.17) is 9.97 Å². The summed E-state index contributed by atoms with van der Waals surface area (Å²) in [6.45, 7) is 0. The van der Waals surface area contributed by atoms with Gasteiger partial charge in [-0.1, -0.05) is 152 Å². The second kappa shape index (κ2) is 13.1. The van der Waals surface area contributed by atoms with Gasteiger partial charge in [-0.3, -0.25) is 0 Å². The molecule has 0 aliphatic rings. The second-order valence-electron chi connectivity index (χ2n) is 13.4. The lowest BCUT2D eigenvalue weighted by molar-refractivity contribution is 1.18. The lowest BCUT2D eigenvalue weighted by Crippen LogP contribution is -1.96. The topological polar surface area (TPSA) is 25.8 Å². The van der Waals surface area contributed by atoms with E-state index in [1.54, 1.807) is 0 Å². The number of hydrogen-bond acceptors (Lipinski definition) is 3. The summed E-state index contributed by atoms with van der Waals surface area (Å²) >= 11 is 1.86. The Morgan fingerprint density at radius 1 is 0.321 bits per heavy atom. The van der Waals surface area contributed by atoms with Gasteiger partial charge in [0.2, 0.25) is 0 Å². The Labute approximate surface area is 312 Å². The van der Waals surface area contributed by atoms with Crippen LogP contribution in [0.2, 0.25) is 0 Å². The van der Waals surface area contributed by atoms with Crippen molar-refractivity contribution in [3.63, 3.8) is 0 Å². The Hall–Kier alpha value is -6.68. The van der Waals surface area contributed by atoms with Crippen LogP contribution in [0.5, 0.6) is 0 Å². The fraction of sp³-hybridized carbons (Fsp3) is 0. The van der Waals surface area contributed by atoms with E-state index in [9.17, 15) is 0 Å². The molecule has 0 spiro atoms. The molecule has 0 aliphatic carbocycles. The molecule has 2 heterocycles. The molecule has 2 nitrogen and oxygen atoms in total. The number of benzene rings is 8. The molecule has 2 aromatic heterocycles. The Morgan fingerprint density at radius 3 is 1.74 bits per heavy atom. The predicted molar refractivity (Wildman–Crippen MR) is 225 cm³/mol. The van der Waals surface area contributed by atoms with Crippen molar-refractivity contribution in [3.8, 4) is 67.3 Å². The van der Waals surface area contributed by atoms with E-state index in [1.807, 2.05) is 29.5 Å². The van der Waals surface area contributed by atoms with E-state index in [1.165, 1.54) is 47.6 Å².